The smallest absolute Gasteiger partial charge is 0.186 e. The number of rotatable bonds is 10. The molecule has 196 valence electrons. The van der Waals surface area contributed by atoms with Crippen molar-refractivity contribution in [2.24, 2.45) is 0 Å². The zero-order chi connectivity index (χ0) is 26.5. The van der Waals surface area contributed by atoms with Gasteiger partial charge in [-0.15, -0.1) is 0 Å². The molecule has 1 saturated heterocycles. The lowest BCUT2D eigenvalue weighted by molar-refractivity contribution is -0.113. The monoisotopic (exact) mass is 514 g/mol. The van der Waals surface area contributed by atoms with Crippen LogP contribution in [0.3, 0.4) is 0 Å². The second kappa shape index (κ2) is 11.4. The summed E-state index contributed by atoms with van der Waals surface area (Å²) in [5, 5.41) is 4.06. The lowest BCUT2D eigenvalue weighted by Crippen LogP contribution is -2.21. The average molecular weight is 515 g/mol. The van der Waals surface area contributed by atoms with Gasteiger partial charge >= 0.3 is 0 Å². The van der Waals surface area contributed by atoms with E-state index in [1.165, 1.54) is 57.6 Å². The molecule has 5 rings (SSSR count). The summed E-state index contributed by atoms with van der Waals surface area (Å²) in [4.78, 5) is 35.8. The Labute approximate surface area is 221 Å². The maximum absolute atomic E-state index is 12.5. The number of methoxy groups -OCH3 is 2. The van der Waals surface area contributed by atoms with Crippen LogP contribution in [0.1, 0.15) is 24.8 Å². The van der Waals surface area contributed by atoms with E-state index in [0.717, 1.165) is 18.4 Å². The van der Waals surface area contributed by atoms with Crippen molar-refractivity contribution >= 4 is 39.5 Å². The number of likely N-dealkylation sites (tertiary alicyclic amines) is 1. The fraction of sp³-hybridized carbons (Fsp3) is 0.310. The molecule has 2 aromatic carbocycles. The van der Waals surface area contributed by atoms with E-state index in [0.29, 0.717) is 46.4 Å². The summed E-state index contributed by atoms with van der Waals surface area (Å²) >= 11 is 0. The highest BCUT2D eigenvalue weighted by molar-refractivity contribution is 6.34. The van der Waals surface area contributed by atoms with Crippen LogP contribution in [0.25, 0.3) is 16.5 Å². The molecule has 1 aromatic heterocycles. The average Bonchev–Trinajstić information content (AvgIpc) is 3.46. The van der Waals surface area contributed by atoms with E-state index < -0.39 is 0 Å². The van der Waals surface area contributed by atoms with Gasteiger partial charge in [-0.3, -0.25) is 9.59 Å². The van der Waals surface area contributed by atoms with Gasteiger partial charge in [-0.25, -0.2) is 9.97 Å². The second-order valence-corrected chi connectivity index (χ2v) is 9.19. The number of carbonyl (C=O) groups excluding carboxylic acids is 2. The lowest BCUT2D eigenvalue weighted by Gasteiger charge is -2.17. The Bertz CT molecular complexity index is 1430. The van der Waals surface area contributed by atoms with E-state index in [-0.39, 0.29) is 17.1 Å². The van der Waals surface area contributed by atoms with Gasteiger partial charge in [0.2, 0.25) is 0 Å². The van der Waals surface area contributed by atoms with Crippen LogP contribution in [0.2, 0.25) is 0 Å². The fourth-order valence-corrected chi connectivity index (χ4v) is 4.77. The minimum absolute atomic E-state index is 0.247. The van der Waals surface area contributed by atoms with Crippen LogP contribution < -0.4 is 19.5 Å². The molecule has 1 aliphatic heterocycles. The number of hydrogen-bond donors (Lipinski definition) is 1. The minimum Gasteiger partial charge on any atom is -0.496 e. The Morgan fingerprint density at radius 2 is 1.76 bits per heavy atom. The third kappa shape index (κ3) is 5.52. The normalized spacial score (nSPS) is 15.6. The van der Waals surface area contributed by atoms with Crippen LogP contribution in [0.4, 0.5) is 11.5 Å². The molecule has 9 heteroatoms. The van der Waals surface area contributed by atoms with E-state index in [2.05, 4.69) is 20.2 Å². The first kappa shape index (κ1) is 25.4. The number of carbonyl (C=O) groups is 2. The van der Waals surface area contributed by atoms with Crippen molar-refractivity contribution in [3.8, 4) is 17.2 Å². The fourth-order valence-electron chi connectivity index (χ4n) is 4.77. The van der Waals surface area contributed by atoms with Gasteiger partial charge in [-0.2, -0.15) is 0 Å². The molecule has 0 bridgehead atoms. The summed E-state index contributed by atoms with van der Waals surface area (Å²) in [6.07, 6.45) is 8.83. The van der Waals surface area contributed by atoms with Crippen LogP contribution in [-0.4, -0.2) is 66.9 Å². The van der Waals surface area contributed by atoms with Gasteiger partial charge in [-0.1, -0.05) is 0 Å². The van der Waals surface area contributed by atoms with Crippen molar-refractivity contribution in [1.82, 2.24) is 14.9 Å². The van der Waals surface area contributed by atoms with Crippen LogP contribution >= 0.6 is 0 Å². The summed E-state index contributed by atoms with van der Waals surface area (Å²) < 4.78 is 17.1. The Balaban J connectivity index is 1.39. The van der Waals surface area contributed by atoms with Gasteiger partial charge in [0.15, 0.2) is 23.1 Å². The summed E-state index contributed by atoms with van der Waals surface area (Å²) in [7, 11) is 3.13. The standard InChI is InChI=1S/C29H30N4O5/c1-36-26-9-6-19(14-22(26)21-15-20(34)7-8-25(21)35)32-29-23-16-27(37-2)28(17-24(23)30-18-31-29)38-13-5-12-33-10-3-4-11-33/h6-9,14-18H,3-5,10-13H2,1-2H3,(H,30,31,32). The summed E-state index contributed by atoms with van der Waals surface area (Å²) in [5.74, 6) is 1.77. The number of nitrogens with one attached hydrogen (secondary N) is 1. The van der Waals surface area contributed by atoms with Crippen molar-refractivity contribution in [1.29, 1.82) is 0 Å². The highest BCUT2D eigenvalue weighted by Gasteiger charge is 2.20. The number of ketones is 2. The predicted octanol–water partition coefficient (Wildman–Crippen LogP) is 4.35. The molecule has 0 unspecified atom stereocenters. The minimum atomic E-state index is -0.259. The summed E-state index contributed by atoms with van der Waals surface area (Å²) in [5.41, 5.74) is 2.16. The highest BCUT2D eigenvalue weighted by Crippen LogP contribution is 2.36. The van der Waals surface area contributed by atoms with Gasteiger partial charge in [0, 0.05) is 34.8 Å². The first-order chi connectivity index (χ1) is 18.6. The molecule has 9 nitrogen and oxygen atoms in total. The van der Waals surface area contributed by atoms with Gasteiger partial charge in [0.1, 0.15) is 17.9 Å². The SMILES string of the molecule is COc1cc2c(Nc3ccc(OC)c(C4=CC(=O)C=CC4=O)c3)ncnc2cc1OCCCN1CCCC1. The number of anilines is 2. The van der Waals surface area contributed by atoms with Crippen molar-refractivity contribution < 1.29 is 23.8 Å². The Hall–Kier alpha value is -4.24. The lowest BCUT2D eigenvalue weighted by atomic mass is 9.95. The number of aromatic nitrogens is 2. The van der Waals surface area contributed by atoms with Gasteiger partial charge < -0.3 is 24.4 Å². The Morgan fingerprint density at radius 1 is 0.947 bits per heavy atom. The first-order valence-corrected chi connectivity index (χ1v) is 12.7. The van der Waals surface area contributed by atoms with E-state index in [4.69, 9.17) is 14.2 Å². The van der Waals surface area contributed by atoms with Crippen LogP contribution in [0.15, 0.2) is 54.9 Å². The zero-order valence-corrected chi connectivity index (χ0v) is 21.5. The summed E-state index contributed by atoms with van der Waals surface area (Å²) in [6, 6.07) is 9.04. The molecule has 38 heavy (non-hydrogen) atoms. The predicted molar refractivity (Wildman–Crippen MR) is 145 cm³/mol. The number of benzene rings is 2. The third-order valence-electron chi connectivity index (χ3n) is 6.70. The first-order valence-electron chi connectivity index (χ1n) is 12.7. The molecule has 0 spiro atoms. The molecule has 0 atom stereocenters. The van der Waals surface area contributed by atoms with Crippen molar-refractivity contribution in [3.05, 3.63) is 60.5 Å². The molecular weight excluding hydrogens is 484 g/mol. The van der Waals surface area contributed by atoms with Gasteiger partial charge in [0.25, 0.3) is 0 Å². The van der Waals surface area contributed by atoms with Crippen LogP contribution in [0.5, 0.6) is 17.2 Å². The number of fused-ring (bicyclic) bond motifs is 1. The largest absolute Gasteiger partial charge is 0.496 e. The zero-order valence-electron chi connectivity index (χ0n) is 21.5. The highest BCUT2D eigenvalue weighted by atomic mass is 16.5. The topological polar surface area (TPSA) is 103 Å². The van der Waals surface area contributed by atoms with E-state index in [1.54, 1.807) is 19.2 Å². The van der Waals surface area contributed by atoms with E-state index in [1.807, 2.05) is 18.2 Å². The molecule has 2 heterocycles. The van der Waals surface area contributed by atoms with E-state index >= 15 is 0 Å². The number of hydrogen-bond acceptors (Lipinski definition) is 9. The van der Waals surface area contributed by atoms with Crippen molar-refractivity contribution in [2.75, 3.05) is 45.8 Å². The molecule has 1 aliphatic carbocycles. The molecule has 0 saturated carbocycles. The molecule has 1 N–H and O–H groups in total. The second-order valence-electron chi connectivity index (χ2n) is 9.19. The maximum Gasteiger partial charge on any atom is 0.186 e. The number of ether oxygens (including phenoxy) is 3. The van der Waals surface area contributed by atoms with Gasteiger partial charge in [-0.05, 0) is 74.8 Å². The quantitative estimate of drug-likeness (QED) is 0.312. The van der Waals surface area contributed by atoms with Crippen molar-refractivity contribution in [2.45, 2.75) is 19.3 Å². The van der Waals surface area contributed by atoms with Crippen LogP contribution in [0, 0.1) is 0 Å². The number of nitrogens with zero attached hydrogens (tertiary/aromatic N) is 3. The molecule has 0 amide bonds. The Morgan fingerprint density at radius 3 is 2.55 bits per heavy atom. The van der Waals surface area contributed by atoms with Crippen molar-refractivity contribution in [3.63, 3.8) is 0 Å². The molecule has 0 radical (unpaired) electrons. The van der Waals surface area contributed by atoms with Gasteiger partial charge in [0.05, 0.1) is 26.3 Å². The molecule has 2 aliphatic rings. The number of allylic oxidation sites excluding steroid dienone is 4. The third-order valence-corrected chi connectivity index (χ3v) is 6.70. The Kier molecular flexibility index (Phi) is 7.65. The molecule has 3 aromatic rings. The van der Waals surface area contributed by atoms with E-state index in [9.17, 15) is 9.59 Å². The summed E-state index contributed by atoms with van der Waals surface area (Å²) in [6.45, 7) is 3.97. The van der Waals surface area contributed by atoms with Crippen LogP contribution in [-0.2, 0) is 9.59 Å². The molecule has 1 fully saturated rings. The molecular formula is C29H30N4O5. The maximum atomic E-state index is 12.5.